The van der Waals surface area contributed by atoms with Gasteiger partial charge in [-0.15, -0.1) is 11.3 Å². The first-order chi connectivity index (χ1) is 8.24. The minimum atomic E-state index is 0.152. The molecule has 0 bridgehead atoms. The highest BCUT2D eigenvalue weighted by molar-refractivity contribution is 7.15. The second-order valence-electron chi connectivity index (χ2n) is 3.88. The lowest BCUT2D eigenvalue weighted by molar-refractivity contribution is 0.274. The Morgan fingerprint density at radius 3 is 2.65 bits per heavy atom. The van der Waals surface area contributed by atoms with E-state index < -0.39 is 0 Å². The van der Waals surface area contributed by atoms with Crippen LogP contribution in [-0.2, 0) is 0 Å². The number of benzene rings is 1. The van der Waals surface area contributed by atoms with E-state index in [4.69, 9.17) is 9.84 Å². The summed E-state index contributed by atoms with van der Waals surface area (Å²) in [7, 11) is 1.65. The van der Waals surface area contributed by atoms with Crippen LogP contribution in [0.2, 0.25) is 0 Å². The maximum absolute atomic E-state index is 9.10. The molecule has 4 heteroatoms. The number of aliphatic hydroxyl groups is 1. The third kappa shape index (κ3) is 2.65. The van der Waals surface area contributed by atoms with Gasteiger partial charge in [0.25, 0.3) is 0 Å². The molecule has 0 aliphatic rings. The first kappa shape index (κ1) is 12.1. The first-order valence-corrected chi connectivity index (χ1v) is 6.27. The zero-order valence-electron chi connectivity index (χ0n) is 9.88. The van der Waals surface area contributed by atoms with Crippen molar-refractivity contribution < 1.29 is 9.84 Å². The van der Waals surface area contributed by atoms with Crippen LogP contribution in [0.5, 0.6) is 5.75 Å². The number of thiazole rings is 1. The van der Waals surface area contributed by atoms with Gasteiger partial charge in [-0.25, -0.2) is 4.98 Å². The highest BCUT2D eigenvalue weighted by atomic mass is 32.1. The Bertz CT molecular complexity index is 478. The van der Waals surface area contributed by atoms with Crippen LogP contribution in [0.1, 0.15) is 17.7 Å². The summed E-state index contributed by atoms with van der Waals surface area (Å²) in [6, 6.07) is 7.83. The highest BCUT2D eigenvalue weighted by Crippen LogP contribution is 2.30. The van der Waals surface area contributed by atoms with Crippen LogP contribution in [0.4, 0.5) is 0 Å². The third-order valence-electron chi connectivity index (χ3n) is 2.62. The zero-order valence-corrected chi connectivity index (χ0v) is 10.7. The largest absolute Gasteiger partial charge is 0.497 e. The van der Waals surface area contributed by atoms with E-state index >= 15 is 0 Å². The van der Waals surface area contributed by atoms with Crippen molar-refractivity contribution in [3.8, 4) is 16.3 Å². The molecule has 1 aromatic carbocycles. The van der Waals surface area contributed by atoms with Gasteiger partial charge in [0, 0.05) is 22.6 Å². The molecule has 0 saturated carbocycles. The number of hydrogen-bond donors (Lipinski definition) is 1. The van der Waals surface area contributed by atoms with Gasteiger partial charge in [0.2, 0.25) is 0 Å². The van der Waals surface area contributed by atoms with Gasteiger partial charge in [0.15, 0.2) is 0 Å². The average molecular weight is 249 g/mol. The summed E-state index contributed by atoms with van der Waals surface area (Å²) in [5, 5.41) is 10.1. The van der Waals surface area contributed by atoms with E-state index in [-0.39, 0.29) is 12.5 Å². The molecule has 2 aromatic rings. The fourth-order valence-corrected chi connectivity index (χ4v) is 2.44. The molecule has 1 heterocycles. The van der Waals surface area contributed by atoms with E-state index in [0.29, 0.717) is 0 Å². The number of ether oxygens (including phenoxy) is 1. The van der Waals surface area contributed by atoms with Gasteiger partial charge < -0.3 is 9.84 Å². The summed E-state index contributed by atoms with van der Waals surface area (Å²) in [5.41, 5.74) is 1.08. The van der Waals surface area contributed by atoms with E-state index in [1.165, 1.54) is 0 Å². The fraction of sp³-hybridized carbons (Fsp3) is 0.308. The predicted octanol–water partition coefficient (Wildman–Crippen LogP) is 2.91. The maximum Gasteiger partial charge on any atom is 0.123 e. The molecule has 1 unspecified atom stereocenters. The molecule has 17 heavy (non-hydrogen) atoms. The molecule has 3 nitrogen and oxygen atoms in total. The Morgan fingerprint density at radius 2 is 2.06 bits per heavy atom. The van der Waals surface area contributed by atoms with Crippen molar-refractivity contribution in [1.29, 1.82) is 0 Å². The second-order valence-corrected chi connectivity index (χ2v) is 4.94. The second kappa shape index (κ2) is 5.29. The van der Waals surface area contributed by atoms with Crippen molar-refractivity contribution in [2.24, 2.45) is 0 Å². The zero-order chi connectivity index (χ0) is 12.3. The number of nitrogens with zero attached hydrogens (tertiary/aromatic N) is 1. The Labute approximate surface area is 105 Å². The Kier molecular flexibility index (Phi) is 3.76. The van der Waals surface area contributed by atoms with Crippen LogP contribution in [0, 0.1) is 0 Å². The molecule has 0 spiro atoms. The van der Waals surface area contributed by atoms with E-state index in [2.05, 4.69) is 4.98 Å². The van der Waals surface area contributed by atoms with Gasteiger partial charge in [-0.2, -0.15) is 0 Å². The molecular formula is C13H15NO2S. The lowest BCUT2D eigenvalue weighted by Crippen LogP contribution is -1.94. The quantitative estimate of drug-likeness (QED) is 0.906. The summed E-state index contributed by atoms with van der Waals surface area (Å²) in [5.74, 6) is 0.994. The van der Waals surface area contributed by atoms with E-state index in [9.17, 15) is 0 Å². The average Bonchev–Trinajstić information content (AvgIpc) is 2.87. The topological polar surface area (TPSA) is 42.4 Å². The summed E-state index contributed by atoms with van der Waals surface area (Å²) in [6.45, 7) is 2.15. The number of aromatic nitrogens is 1. The van der Waals surface area contributed by atoms with Crippen LogP contribution in [0.3, 0.4) is 0 Å². The molecule has 2 rings (SSSR count). The van der Waals surface area contributed by atoms with Crippen molar-refractivity contribution in [3.63, 3.8) is 0 Å². The molecule has 0 aliphatic carbocycles. The number of hydrogen-bond acceptors (Lipinski definition) is 4. The van der Waals surface area contributed by atoms with Gasteiger partial charge in [-0.1, -0.05) is 6.92 Å². The van der Waals surface area contributed by atoms with Crippen molar-refractivity contribution in [2.75, 3.05) is 13.7 Å². The van der Waals surface area contributed by atoms with Crippen molar-refractivity contribution in [3.05, 3.63) is 35.3 Å². The standard InChI is InChI=1S/C13H15NO2S/c1-9(8-15)12-7-14-13(17-12)10-3-5-11(16-2)6-4-10/h3-7,9,15H,8H2,1-2H3. The van der Waals surface area contributed by atoms with Crippen molar-refractivity contribution >= 4 is 11.3 Å². The Morgan fingerprint density at radius 1 is 1.35 bits per heavy atom. The van der Waals surface area contributed by atoms with Gasteiger partial charge in [0.1, 0.15) is 10.8 Å². The normalized spacial score (nSPS) is 12.4. The predicted molar refractivity (Wildman–Crippen MR) is 69.6 cm³/mol. The number of aliphatic hydroxyl groups excluding tert-OH is 1. The Balaban J connectivity index is 2.24. The van der Waals surface area contributed by atoms with Crippen LogP contribution in [0.25, 0.3) is 10.6 Å². The summed E-state index contributed by atoms with van der Waals surface area (Å²) < 4.78 is 5.12. The minimum absolute atomic E-state index is 0.152. The molecular weight excluding hydrogens is 234 g/mol. The lowest BCUT2D eigenvalue weighted by Gasteiger charge is -2.02. The SMILES string of the molecule is COc1ccc(-c2ncc(C(C)CO)s2)cc1. The van der Waals surface area contributed by atoms with Crippen LogP contribution in [-0.4, -0.2) is 23.8 Å². The monoisotopic (exact) mass is 249 g/mol. The maximum atomic E-state index is 9.10. The summed E-state index contributed by atoms with van der Waals surface area (Å²) >= 11 is 1.62. The van der Waals surface area contributed by atoms with Gasteiger partial charge in [-0.05, 0) is 24.3 Å². The van der Waals surface area contributed by atoms with Crippen LogP contribution < -0.4 is 4.74 Å². The molecule has 0 radical (unpaired) electrons. The van der Waals surface area contributed by atoms with Crippen LogP contribution >= 0.6 is 11.3 Å². The number of methoxy groups -OCH3 is 1. The minimum Gasteiger partial charge on any atom is -0.497 e. The smallest absolute Gasteiger partial charge is 0.123 e. The van der Waals surface area contributed by atoms with Crippen molar-refractivity contribution in [1.82, 2.24) is 4.98 Å². The van der Waals surface area contributed by atoms with Gasteiger partial charge in [0.05, 0.1) is 13.7 Å². The molecule has 1 aromatic heterocycles. The van der Waals surface area contributed by atoms with E-state index in [1.54, 1.807) is 18.4 Å². The summed E-state index contributed by atoms with van der Waals surface area (Å²) in [4.78, 5) is 5.49. The van der Waals surface area contributed by atoms with Gasteiger partial charge in [-0.3, -0.25) is 0 Å². The summed E-state index contributed by atoms with van der Waals surface area (Å²) in [6.07, 6.45) is 1.84. The fourth-order valence-electron chi connectivity index (χ4n) is 1.47. The molecule has 0 fully saturated rings. The first-order valence-electron chi connectivity index (χ1n) is 5.45. The van der Waals surface area contributed by atoms with Gasteiger partial charge >= 0.3 is 0 Å². The molecule has 0 saturated heterocycles. The molecule has 90 valence electrons. The van der Waals surface area contributed by atoms with Crippen molar-refractivity contribution in [2.45, 2.75) is 12.8 Å². The van der Waals surface area contributed by atoms with E-state index in [1.807, 2.05) is 37.4 Å². The molecule has 1 atom stereocenters. The third-order valence-corrected chi connectivity index (χ3v) is 3.90. The molecule has 0 amide bonds. The number of rotatable bonds is 4. The molecule has 1 N–H and O–H groups in total. The molecule has 0 aliphatic heterocycles. The Hall–Kier alpha value is -1.39. The highest BCUT2D eigenvalue weighted by Gasteiger charge is 2.10. The van der Waals surface area contributed by atoms with Crippen LogP contribution in [0.15, 0.2) is 30.5 Å². The lowest BCUT2D eigenvalue weighted by atomic mass is 10.2. The van der Waals surface area contributed by atoms with E-state index in [0.717, 1.165) is 21.2 Å².